The third kappa shape index (κ3) is 0.735. The molecule has 0 aromatic carbocycles. The standard InChI is InChI=1S/C6H8NO/c1-3-6-5(2)7-4-8-6/h3H2,1-2H3. The van der Waals surface area contributed by atoms with Crippen molar-refractivity contribution in [3.05, 3.63) is 17.8 Å². The zero-order valence-electron chi connectivity index (χ0n) is 5.06. The molecule has 0 spiro atoms. The van der Waals surface area contributed by atoms with Crippen LogP contribution >= 0.6 is 0 Å². The van der Waals surface area contributed by atoms with E-state index in [1.807, 2.05) is 13.8 Å². The molecular formula is C6H8NO. The van der Waals surface area contributed by atoms with Gasteiger partial charge in [-0.25, -0.2) is 4.98 Å². The Labute approximate surface area is 48.5 Å². The van der Waals surface area contributed by atoms with E-state index in [9.17, 15) is 0 Å². The van der Waals surface area contributed by atoms with E-state index in [2.05, 4.69) is 11.4 Å². The first-order valence-electron chi connectivity index (χ1n) is 2.67. The predicted molar refractivity (Wildman–Crippen MR) is 29.5 cm³/mol. The highest BCUT2D eigenvalue weighted by Gasteiger charge is 1.97. The third-order valence-corrected chi connectivity index (χ3v) is 1.11. The first-order valence-corrected chi connectivity index (χ1v) is 2.67. The van der Waals surface area contributed by atoms with E-state index in [0.717, 1.165) is 17.9 Å². The summed E-state index contributed by atoms with van der Waals surface area (Å²) < 4.78 is 4.88. The molecule has 2 nitrogen and oxygen atoms in total. The van der Waals surface area contributed by atoms with Crippen molar-refractivity contribution >= 4 is 0 Å². The molecule has 0 fully saturated rings. The van der Waals surface area contributed by atoms with Gasteiger partial charge in [0.25, 0.3) is 6.39 Å². The lowest BCUT2D eigenvalue weighted by Gasteiger charge is -1.84. The van der Waals surface area contributed by atoms with Crippen LogP contribution < -0.4 is 0 Å². The highest BCUT2D eigenvalue weighted by Crippen LogP contribution is 2.03. The molecule has 1 radical (unpaired) electrons. The first kappa shape index (κ1) is 5.35. The van der Waals surface area contributed by atoms with Gasteiger partial charge in [0.1, 0.15) is 5.76 Å². The number of hydrogen-bond donors (Lipinski definition) is 0. The minimum Gasteiger partial charge on any atom is -0.437 e. The summed E-state index contributed by atoms with van der Waals surface area (Å²) in [5.41, 5.74) is 0.951. The topological polar surface area (TPSA) is 26.0 Å². The number of aryl methyl sites for hydroxylation is 2. The molecule has 0 bridgehead atoms. The Bertz CT molecular complexity index is 169. The number of aromatic nitrogens is 1. The van der Waals surface area contributed by atoms with E-state index in [4.69, 9.17) is 4.42 Å². The number of rotatable bonds is 1. The molecule has 1 aromatic rings. The number of oxazole rings is 1. The van der Waals surface area contributed by atoms with Gasteiger partial charge in [-0.2, -0.15) is 0 Å². The second kappa shape index (κ2) is 1.99. The van der Waals surface area contributed by atoms with Crippen LogP contribution in [0.25, 0.3) is 0 Å². The molecule has 0 saturated heterocycles. The quantitative estimate of drug-likeness (QED) is 0.545. The zero-order valence-corrected chi connectivity index (χ0v) is 5.06. The van der Waals surface area contributed by atoms with Crippen molar-refractivity contribution in [1.82, 2.24) is 4.98 Å². The lowest BCUT2D eigenvalue weighted by atomic mass is 10.3. The van der Waals surface area contributed by atoms with Gasteiger partial charge >= 0.3 is 0 Å². The molecule has 0 atom stereocenters. The fourth-order valence-electron chi connectivity index (χ4n) is 0.611. The van der Waals surface area contributed by atoms with Crippen molar-refractivity contribution in [2.75, 3.05) is 0 Å². The summed E-state index contributed by atoms with van der Waals surface area (Å²) in [7, 11) is 0. The molecule has 0 unspecified atom stereocenters. The van der Waals surface area contributed by atoms with Gasteiger partial charge in [0, 0.05) is 6.42 Å². The van der Waals surface area contributed by atoms with E-state index in [0.29, 0.717) is 0 Å². The van der Waals surface area contributed by atoms with Gasteiger partial charge in [0.2, 0.25) is 0 Å². The molecule has 0 aliphatic carbocycles. The number of hydrogen-bond acceptors (Lipinski definition) is 2. The van der Waals surface area contributed by atoms with Crippen molar-refractivity contribution in [2.45, 2.75) is 20.3 Å². The second-order valence-corrected chi connectivity index (χ2v) is 1.67. The van der Waals surface area contributed by atoms with Gasteiger partial charge in [0.15, 0.2) is 0 Å². The smallest absolute Gasteiger partial charge is 0.284 e. The van der Waals surface area contributed by atoms with Crippen LogP contribution in [0.2, 0.25) is 0 Å². The predicted octanol–water partition coefficient (Wildman–Crippen LogP) is 1.35. The lowest BCUT2D eigenvalue weighted by Crippen LogP contribution is -1.77. The van der Waals surface area contributed by atoms with Crippen LogP contribution in [0, 0.1) is 13.3 Å². The van der Waals surface area contributed by atoms with E-state index in [1.165, 1.54) is 0 Å². The van der Waals surface area contributed by atoms with Crippen LogP contribution in [0.15, 0.2) is 4.42 Å². The van der Waals surface area contributed by atoms with E-state index >= 15 is 0 Å². The molecule has 1 aromatic heterocycles. The summed E-state index contributed by atoms with van der Waals surface area (Å²) in [4.78, 5) is 3.80. The molecule has 8 heavy (non-hydrogen) atoms. The Kier molecular flexibility index (Phi) is 1.33. The highest BCUT2D eigenvalue weighted by molar-refractivity contribution is 5.02. The van der Waals surface area contributed by atoms with Crippen molar-refractivity contribution in [3.63, 3.8) is 0 Å². The summed E-state index contributed by atoms with van der Waals surface area (Å²) in [5.74, 6) is 0.935. The van der Waals surface area contributed by atoms with Crippen molar-refractivity contribution in [3.8, 4) is 0 Å². The SMILES string of the molecule is CCc1o[c]nc1C. The highest BCUT2D eigenvalue weighted by atomic mass is 16.3. The Balaban J connectivity index is 2.92. The molecule has 0 aliphatic heterocycles. The van der Waals surface area contributed by atoms with Crippen LogP contribution in [-0.2, 0) is 6.42 Å². The Morgan fingerprint density at radius 3 is 2.75 bits per heavy atom. The summed E-state index contributed by atoms with van der Waals surface area (Å²) in [6.07, 6.45) is 3.33. The molecule has 0 saturated carbocycles. The molecular weight excluding hydrogens is 102 g/mol. The molecule has 43 valence electrons. The Morgan fingerprint density at radius 1 is 1.75 bits per heavy atom. The average molecular weight is 110 g/mol. The van der Waals surface area contributed by atoms with Crippen LogP contribution in [0.1, 0.15) is 18.4 Å². The van der Waals surface area contributed by atoms with Crippen LogP contribution in [0.4, 0.5) is 0 Å². The van der Waals surface area contributed by atoms with Gasteiger partial charge in [-0.05, 0) is 6.92 Å². The van der Waals surface area contributed by atoms with Gasteiger partial charge in [-0.1, -0.05) is 6.92 Å². The average Bonchev–Trinajstić information content (AvgIpc) is 2.14. The molecule has 1 rings (SSSR count). The summed E-state index contributed by atoms with van der Waals surface area (Å²) >= 11 is 0. The summed E-state index contributed by atoms with van der Waals surface area (Å²) in [6.45, 7) is 3.94. The monoisotopic (exact) mass is 110 g/mol. The van der Waals surface area contributed by atoms with Gasteiger partial charge < -0.3 is 4.42 Å². The maximum Gasteiger partial charge on any atom is 0.284 e. The maximum absolute atomic E-state index is 4.88. The van der Waals surface area contributed by atoms with Crippen LogP contribution in [-0.4, -0.2) is 4.98 Å². The van der Waals surface area contributed by atoms with Gasteiger partial charge in [0.05, 0.1) is 5.69 Å². The van der Waals surface area contributed by atoms with E-state index < -0.39 is 0 Å². The minimum atomic E-state index is 0.905. The minimum absolute atomic E-state index is 0.905. The first-order chi connectivity index (χ1) is 3.84. The van der Waals surface area contributed by atoms with Gasteiger partial charge in [-0.15, -0.1) is 0 Å². The maximum atomic E-state index is 4.88. The zero-order chi connectivity index (χ0) is 5.98. The Morgan fingerprint density at radius 2 is 2.50 bits per heavy atom. The summed E-state index contributed by atoms with van der Waals surface area (Å²) in [6, 6.07) is 0. The van der Waals surface area contributed by atoms with E-state index in [-0.39, 0.29) is 0 Å². The largest absolute Gasteiger partial charge is 0.437 e. The Hall–Kier alpha value is -0.790. The number of nitrogens with zero attached hydrogens (tertiary/aromatic N) is 1. The fraction of sp³-hybridized carbons (Fsp3) is 0.500. The van der Waals surface area contributed by atoms with Crippen molar-refractivity contribution < 1.29 is 4.42 Å². The lowest BCUT2D eigenvalue weighted by molar-refractivity contribution is 0.500. The van der Waals surface area contributed by atoms with E-state index in [1.54, 1.807) is 0 Å². The van der Waals surface area contributed by atoms with Crippen molar-refractivity contribution in [2.24, 2.45) is 0 Å². The third-order valence-electron chi connectivity index (χ3n) is 1.11. The van der Waals surface area contributed by atoms with Crippen molar-refractivity contribution in [1.29, 1.82) is 0 Å². The molecule has 0 amide bonds. The fourth-order valence-corrected chi connectivity index (χ4v) is 0.611. The molecule has 0 N–H and O–H groups in total. The van der Waals surface area contributed by atoms with Gasteiger partial charge in [-0.3, -0.25) is 0 Å². The summed E-state index contributed by atoms with van der Waals surface area (Å²) in [5, 5.41) is 0. The molecule has 2 heteroatoms. The second-order valence-electron chi connectivity index (χ2n) is 1.67. The normalized spacial score (nSPS) is 9.75. The van der Waals surface area contributed by atoms with Crippen LogP contribution in [0.3, 0.4) is 0 Å². The van der Waals surface area contributed by atoms with Crippen LogP contribution in [0.5, 0.6) is 0 Å². The molecule has 1 heterocycles. The molecule has 0 aliphatic rings.